The summed E-state index contributed by atoms with van der Waals surface area (Å²) in [6, 6.07) is 9.16. The van der Waals surface area contributed by atoms with Gasteiger partial charge in [0.05, 0.1) is 0 Å². The van der Waals surface area contributed by atoms with Crippen molar-refractivity contribution in [3.05, 3.63) is 35.9 Å². The van der Waals surface area contributed by atoms with Crippen LogP contribution in [0.25, 0.3) is 0 Å². The van der Waals surface area contributed by atoms with Crippen molar-refractivity contribution < 1.29 is 4.79 Å². The van der Waals surface area contributed by atoms with Gasteiger partial charge >= 0.3 is 0 Å². The van der Waals surface area contributed by atoms with Crippen molar-refractivity contribution >= 4 is 23.0 Å². The summed E-state index contributed by atoms with van der Waals surface area (Å²) < 4.78 is 0. The van der Waals surface area contributed by atoms with E-state index in [4.69, 9.17) is 12.2 Å². The maximum absolute atomic E-state index is 11.9. The van der Waals surface area contributed by atoms with Gasteiger partial charge in [0.1, 0.15) is 4.99 Å². The fourth-order valence-corrected chi connectivity index (χ4v) is 1.74. The van der Waals surface area contributed by atoms with Gasteiger partial charge in [0, 0.05) is 18.7 Å². The second-order valence-electron chi connectivity index (χ2n) is 3.17. The number of ketones is 1. The Hall–Kier alpha value is -1.22. The Balaban J connectivity index is 2.82. The highest BCUT2D eigenvalue weighted by molar-refractivity contribution is 7.82. The third-order valence-corrected chi connectivity index (χ3v) is 2.72. The fourth-order valence-electron chi connectivity index (χ4n) is 1.37. The number of hydrogen-bond donors (Lipinski definition) is 0. The zero-order chi connectivity index (χ0) is 11.3. The summed E-state index contributed by atoms with van der Waals surface area (Å²) in [6.45, 7) is 5.53. The van der Waals surface area contributed by atoms with Crippen LogP contribution in [0.3, 0.4) is 0 Å². The van der Waals surface area contributed by atoms with Crippen LogP contribution in [0.4, 0.5) is 0 Å². The van der Waals surface area contributed by atoms with E-state index < -0.39 is 0 Å². The van der Waals surface area contributed by atoms with Gasteiger partial charge in [-0.25, -0.2) is 0 Å². The third-order valence-electron chi connectivity index (χ3n) is 2.28. The molecule has 2 nitrogen and oxygen atoms in total. The molecule has 0 saturated heterocycles. The lowest BCUT2D eigenvalue weighted by Gasteiger charge is -2.20. The van der Waals surface area contributed by atoms with Crippen molar-refractivity contribution in [3.8, 4) is 0 Å². The van der Waals surface area contributed by atoms with E-state index in [9.17, 15) is 4.79 Å². The lowest BCUT2D eigenvalue weighted by Crippen LogP contribution is -2.34. The monoisotopic (exact) mass is 221 g/mol. The van der Waals surface area contributed by atoms with E-state index in [1.165, 1.54) is 0 Å². The van der Waals surface area contributed by atoms with Crippen molar-refractivity contribution in [2.75, 3.05) is 13.1 Å². The molecule has 3 heteroatoms. The zero-order valence-corrected chi connectivity index (χ0v) is 9.88. The van der Waals surface area contributed by atoms with Gasteiger partial charge in [-0.1, -0.05) is 42.5 Å². The summed E-state index contributed by atoms with van der Waals surface area (Å²) in [6.07, 6.45) is 0. The highest BCUT2D eigenvalue weighted by Crippen LogP contribution is 2.04. The normalized spacial score (nSPS) is 9.73. The Morgan fingerprint density at radius 3 is 2.20 bits per heavy atom. The van der Waals surface area contributed by atoms with Crippen molar-refractivity contribution in [2.45, 2.75) is 13.8 Å². The summed E-state index contributed by atoms with van der Waals surface area (Å²) in [7, 11) is 0. The minimum absolute atomic E-state index is 0.0608. The first-order valence-corrected chi connectivity index (χ1v) is 5.50. The van der Waals surface area contributed by atoms with Gasteiger partial charge in [-0.3, -0.25) is 4.79 Å². The van der Waals surface area contributed by atoms with E-state index in [1.54, 1.807) is 12.1 Å². The number of thiocarbonyl (C=S) groups is 1. The highest BCUT2D eigenvalue weighted by Gasteiger charge is 2.15. The summed E-state index contributed by atoms with van der Waals surface area (Å²) in [5, 5.41) is 0. The quantitative estimate of drug-likeness (QED) is 0.575. The van der Waals surface area contributed by atoms with E-state index in [-0.39, 0.29) is 5.78 Å². The molecule has 0 N–H and O–H groups in total. The van der Waals surface area contributed by atoms with Crippen molar-refractivity contribution in [1.82, 2.24) is 4.90 Å². The molecule has 0 heterocycles. The van der Waals surface area contributed by atoms with Crippen LogP contribution in [0.15, 0.2) is 30.3 Å². The average molecular weight is 221 g/mol. The van der Waals surface area contributed by atoms with Crippen LogP contribution in [0.5, 0.6) is 0 Å². The smallest absolute Gasteiger partial charge is 0.220 e. The molecular weight excluding hydrogens is 206 g/mol. The van der Waals surface area contributed by atoms with Crippen LogP contribution in [0, 0.1) is 0 Å². The van der Waals surface area contributed by atoms with Crippen LogP contribution in [-0.2, 0) is 0 Å². The van der Waals surface area contributed by atoms with Crippen LogP contribution in [-0.4, -0.2) is 28.8 Å². The predicted molar refractivity (Wildman–Crippen MR) is 66.3 cm³/mol. The molecule has 0 aromatic heterocycles. The Labute approximate surface area is 95.9 Å². The number of nitrogens with zero attached hydrogens (tertiary/aromatic N) is 1. The summed E-state index contributed by atoms with van der Waals surface area (Å²) in [5.41, 5.74) is 0.661. The van der Waals surface area contributed by atoms with E-state index in [0.717, 1.165) is 13.1 Å². The van der Waals surface area contributed by atoms with Crippen LogP contribution < -0.4 is 0 Å². The molecule has 15 heavy (non-hydrogen) atoms. The molecule has 80 valence electrons. The molecule has 0 radical (unpaired) electrons. The van der Waals surface area contributed by atoms with E-state index in [2.05, 4.69) is 0 Å². The number of hydrogen-bond acceptors (Lipinski definition) is 2. The molecule has 0 saturated carbocycles. The maximum Gasteiger partial charge on any atom is 0.220 e. The average Bonchev–Trinajstić information content (AvgIpc) is 2.30. The standard InChI is InChI=1S/C12H15NOS/c1-3-13(4-2)12(15)11(14)10-8-6-5-7-9-10/h5-9H,3-4H2,1-2H3. The van der Waals surface area contributed by atoms with Gasteiger partial charge in [0.2, 0.25) is 5.78 Å². The Morgan fingerprint density at radius 2 is 1.73 bits per heavy atom. The third kappa shape index (κ3) is 2.86. The van der Waals surface area contributed by atoms with E-state index >= 15 is 0 Å². The molecule has 0 fully saturated rings. The van der Waals surface area contributed by atoms with Gasteiger partial charge < -0.3 is 4.90 Å². The summed E-state index contributed by atoms with van der Waals surface area (Å²) in [5.74, 6) is -0.0608. The highest BCUT2D eigenvalue weighted by atomic mass is 32.1. The molecule has 1 aromatic carbocycles. The van der Waals surface area contributed by atoms with Gasteiger partial charge in [0.25, 0.3) is 0 Å². The molecule has 0 aliphatic heterocycles. The molecule has 1 rings (SSSR count). The van der Waals surface area contributed by atoms with E-state index in [0.29, 0.717) is 10.6 Å². The van der Waals surface area contributed by atoms with Crippen molar-refractivity contribution in [3.63, 3.8) is 0 Å². The molecule has 0 unspecified atom stereocenters. The maximum atomic E-state index is 11.9. The molecule has 0 amide bonds. The molecule has 0 bridgehead atoms. The lowest BCUT2D eigenvalue weighted by atomic mass is 10.1. The fraction of sp³-hybridized carbons (Fsp3) is 0.333. The Bertz CT molecular complexity index is 344. The minimum Gasteiger partial charge on any atom is -0.360 e. The van der Waals surface area contributed by atoms with Gasteiger partial charge in [-0.05, 0) is 13.8 Å². The summed E-state index contributed by atoms with van der Waals surface area (Å²) >= 11 is 5.15. The first-order valence-electron chi connectivity index (χ1n) is 5.09. The molecule has 0 aliphatic rings. The zero-order valence-electron chi connectivity index (χ0n) is 9.06. The molecule has 0 spiro atoms. The number of benzene rings is 1. The van der Waals surface area contributed by atoms with Gasteiger partial charge in [0.15, 0.2) is 0 Å². The lowest BCUT2D eigenvalue weighted by molar-refractivity contribution is 0.105. The Morgan fingerprint density at radius 1 is 1.20 bits per heavy atom. The number of likely N-dealkylation sites (N-methyl/N-ethyl adjacent to an activating group) is 1. The first kappa shape index (κ1) is 11.9. The van der Waals surface area contributed by atoms with Gasteiger partial charge in [-0.15, -0.1) is 0 Å². The van der Waals surface area contributed by atoms with Crippen LogP contribution in [0.2, 0.25) is 0 Å². The Kier molecular flexibility index (Phi) is 4.43. The van der Waals surface area contributed by atoms with E-state index in [1.807, 2.05) is 36.9 Å². The molecule has 0 atom stereocenters. The van der Waals surface area contributed by atoms with Crippen LogP contribution >= 0.6 is 12.2 Å². The number of Topliss-reactive ketones (excluding diaryl/α,β-unsaturated/α-hetero) is 1. The van der Waals surface area contributed by atoms with Crippen molar-refractivity contribution in [2.24, 2.45) is 0 Å². The first-order chi connectivity index (χ1) is 7.20. The number of carbonyl (C=O) groups is 1. The topological polar surface area (TPSA) is 20.3 Å². The molecule has 0 aliphatic carbocycles. The second kappa shape index (κ2) is 5.61. The SMILES string of the molecule is CCN(CC)C(=S)C(=O)c1ccccc1. The van der Waals surface area contributed by atoms with Crippen LogP contribution in [0.1, 0.15) is 24.2 Å². The second-order valence-corrected chi connectivity index (χ2v) is 3.56. The largest absolute Gasteiger partial charge is 0.360 e. The number of carbonyl (C=O) groups excluding carboxylic acids is 1. The predicted octanol–water partition coefficient (Wildman–Crippen LogP) is 2.54. The molecule has 1 aromatic rings. The van der Waals surface area contributed by atoms with Gasteiger partial charge in [-0.2, -0.15) is 0 Å². The molecular formula is C12H15NOS. The minimum atomic E-state index is -0.0608. The summed E-state index contributed by atoms with van der Waals surface area (Å²) in [4.78, 5) is 14.2. The number of rotatable bonds is 4. The van der Waals surface area contributed by atoms with Crippen molar-refractivity contribution in [1.29, 1.82) is 0 Å².